The molecular weight excluding hydrogens is 156 g/mol. The Bertz CT molecular complexity index is 142. The third kappa shape index (κ3) is 2.79. The zero-order chi connectivity index (χ0) is 8.81. The summed E-state index contributed by atoms with van der Waals surface area (Å²) in [6.07, 6.45) is 1.07. The Morgan fingerprint density at radius 1 is 1.58 bits per heavy atom. The van der Waals surface area contributed by atoms with Crippen molar-refractivity contribution in [2.45, 2.75) is 19.4 Å². The highest BCUT2D eigenvalue weighted by atomic mass is 16.5. The summed E-state index contributed by atoms with van der Waals surface area (Å²) in [5.74, 6) is -0.146. The highest BCUT2D eigenvalue weighted by Gasteiger charge is 2.19. The van der Waals surface area contributed by atoms with Gasteiger partial charge in [0.15, 0.2) is 0 Å². The Balaban J connectivity index is 2.32. The van der Waals surface area contributed by atoms with Gasteiger partial charge in [-0.25, -0.2) is 0 Å². The Labute approximate surface area is 72.7 Å². The molecule has 1 saturated heterocycles. The minimum Gasteiger partial charge on any atom is -0.465 e. The number of hydrogen-bond donors (Lipinski definition) is 2. The van der Waals surface area contributed by atoms with Gasteiger partial charge in [0.1, 0.15) is 6.04 Å². The SMILES string of the molecule is CCOC(=O)[C@H]1CNCCCN1. The van der Waals surface area contributed by atoms with Crippen molar-refractivity contribution in [1.29, 1.82) is 0 Å². The molecule has 2 N–H and O–H groups in total. The third-order valence-corrected chi connectivity index (χ3v) is 1.84. The average molecular weight is 172 g/mol. The molecule has 1 aliphatic rings. The molecule has 0 saturated carbocycles. The smallest absolute Gasteiger partial charge is 0.324 e. The molecule has 1 aliphatic heterocycles. The van der Waals surface area contributed by atoms with Crippen molar-refractivity contribution in [2.24, 2.45) is 0 Å². The van der Waals surface area contributed by atoms with E-state index >= 15 is 0 Å². The van der Waals surface area contributed by atoms with E-state index in [0.717, 1.165) is 19.5 Å². The van der Waals surface area contributed by atoms with Crippen molar-refractivity contribution in [3.63, 3.8) is 0 Å². The van der Waals surface area contributed by atoms with E-state index in [1.54, 1.807) is 0 Å². The maximum absolute atomic E-state index is 11.2. The molecule has 0 amide bonds. The van der Waals surface area contributed by atoms with E-state index in [0.29, 0.717) is 13.2 Å². The van der Waals surface area contributed by atoms with Crippen LogP contribution in [-0.4, -0.2) is 38.3 Å². The quantitative estimate of drug-likeness (QED) is 0.551. The lowest BCUT2D eigenvalue weighted by Gasteiger charge is -2.13. The van der Waals surface area contributed by atoms with Gasteiger partial charge in [-0.3, -0.25) is 4.79 Å². The van der Waals surface area contributed by atoms with Gasteiger partial charge in [0.25, 0.3) is 0 Å². The van der Waals surface area contributed by atoms with Crippen LogP contribution in [0.4, 0.5) is 0 Å². The second-order valence-electron chi connectivity index (χ2n) is 2.82. The molecule has 0 bridgehead atoms. The molecule has 1 atom stereocenters. The molecule has 0 unspecified atom stereocenters. The van der Waals surface area contributed by atoms with Crippen LogP contribution in [0.1, 0.15) is 13.3 Å². The fraction of sp³-hybridized carbons (Fsp3) is 0.875. The summed E-state index contributed by atoms with van der Waals surface area (Å²) in [4.78, 5) is 11.2. The minimum absolute atomic E-state index is 0.146. The number of carbonyl (C=O) groups is 1. The second-order valence-corrected chi connectivity index (χ2v) is 2.82. The van der Waals surface area contributed by atoms with Crippen molar-refractivity contribution in [3.8, 4) is 0 Å². The second kappa shape index (κ2) is 5.11. The minimum atomic E-state index is -0.160. The van der Waals surface area contributed by atoms with Gasteiger partial charge in [0, 0.05) is 6.54 Å². The maximum atomic E-state index is 11.2. The van der Waals surface area contributed by atoms with Crippen LogP contribution in [0.15, 0.2) is 0 Å². The van der Waals surface area contributed by atoms with E-state index in [-0.39, 0.29) is 12.0 Å². The molecule has 0 radical (unpaired) electrons. The number of nitrogens with one attached hydrogen (secondary N) is 2. The van der Waals surface area contributed by atoms with Gasteiger partial charge >= 0.3 is 5.97 Å². The van der Waals surface area contributed by atoms with Gasteiger partial charge in [0.05, 0.1) is 6.61 Å². The predicted molar refractivity (Wildman–Crippen MR) is 45.9 cm³/mol. The molecule has 0 aromatic carbocycles. The van der Waals surface area contributed by atoms with Crippen LogP contribution < -0.4 is 10.6 Å². The normalized spacial score (nSPS) is 24.6. The van der Waals surface area contributed by atoms with Crippen LogP contribution in [-0.2, 0) is 9.53 Å². The van der Waals surface area contributed by atoms with Crippen molar-refractivity contribution < 1.29 is 9.53 Å². The van der Waals surface area contributed by atoms with Crippen LogP contribution in [0.2, 0.25) is 0 Å². The Morgan fingerprint density at radius 3 is 3.17 bits per heavy atom. The van der Waals surface area contributed by atoms with Gasteiger partial charge in [0.2, 0.25) is 0 Å². The van der Waals surface area contributed by atoms with Crippen molar-refractivity contribution in [2.75, 3.05) is 26.2 Å². The first-order valence-electron chi connectivity index (χ1n) is 4.45. The summed E-state index contributed by atoms with van der Waals surface area (Å²) in [5, 5.41) is 6.30. The molecule has 0 aromatic heterocycles. The van der Waals surface area contributed by atoms with E-state index in [2.05, 4.69) is 10.6 Å². The van der Waals surface area contributed by atoms with Gasteiger partial charge < -0.3 is 15.4 Å². The molecular formula is C8H16N2O2. The first-order valence-corrected chi connectivity index (χ1v) is 4.45. The first kappa shape index (κ1) is 9.48. The summed E-state index contributed by atoms with van der Waals surface area (Å²) < 4.78 is 4.90. The molecule has 4 nitrogen and oxygen atoms in total. The molecule has 0 aliphatic carbocycles. The van der Waals surface area contributed by atoms with E-state index in [4.69, 9.17) is 4.74 Å². The van der Waals surface area contributed by atoms with Gasteiger partial charge in [-0.05, 0) is 26.4 Å². The zero-order valence-electron chi connectivity index (χ0n) is 7.43. The van der Waals surface area contributed by atoms with E-state index in [1.807, 2.05) is 6.92 Å². The summed E-state index contributed by atoms with van der Waals surface area (Å²) in [6.45, 7) is 4.82. The summed E-state index contributed by atoms with van der Waals surface area (Å²) in [7, 11) is 0. The lowest BCUT2D eigenvalue weighted by molar-refractivity contribution is -0.145. The van der Waals surface area contributed by atoms with Crippen molar-refractivity contribution in [3.05, 3.63) is 0 Å². The Kier molecular flexibility index (Phi) is 4.04. The monoisotopic (exact) mass is 172 g/mol. The fourth-order valence-corrected chi connectivity index (χ4v) is 1.22. The molecule has 0 aromatic rings. The number of carbonyl (C=O) groups excluding carboxylic acids is 1. The molecule has 1 heterocycles. The largest absolute Gasteiger partial charge is 0.465 e. The zero-order valence-corrected chi connectivity index (χ0v) is 7.43. The predicted octanol–water partition coefficient (Wildman–Crippen LogP) is -0.499. The standard InChI is InChI=1S/C8H16N2O2/c1-2-12-8(11)7-6-9-4-3-5-10-7/h7,9-10H,2-6H2,1H3/t7-/m1/s1. The molecule has 1 rings (SSSR count). The molecule has 4 heteroatoms. The van der Waals surface area contributed by atoms with E-state index < -0.39 is 0 Å². The maximum Gasteiger partial charge on any atom is 0.324 e. The first-order chi connectivity index (χ1) is 5.84. The Morgan fingerprint density at radius 2 is 2.42 bits per heavy atom. The summed E-state index contributed by atoms with van der Waals surface area (Å²) >= 11 is 0. The summed E-state index contributed by atoms with van der Waals surface area (Å²) in [6, 6.07) is -0.160. The topological polar surface area (TPSA) is 50.4 Å². The van der Waals surface area contributed by atoms with Crippen molar-refractivity contribution in [1.82, 2.24) is 10.6 Å². The van der Waals surface area contributed by atoms with Crippen LogP contribution in [0.5, 0.6) is 0 Å². The lowest BCUT2D eigenvalue weighted by atomic mass is 10.3. The number of hydrogen-bond acceptors (Lipinski definition) is 4. The highest BCUT2D eigenvalue weighted by molar-refractivity contribution is 5.76. The average Bonchev–Trinajstić information content (AvgIpc) is 2.32. The van der Waals surface area contributed by atoms with Crippen LogP contribution in [0.25, 0.3) is 0 Å². The van der Waals surface area contributed by atoms with Crippen LogP contribution >= 0.6 is 0 Å². The number of ether oxygens (including phenoxy) is 1. The van der Waals surface area contributed by atoms with Gasteiger partial charge in [-0.15, -0.1) is 0 Å². The van der Waals surface area contributed by atoms with Gasteiger partial charge in [-0.2, -0.15) is 0 Å². The number of rotatable bonds is 2. The van der Waals surface area contributed by atoms with Gasteiger partial charge in [-0.1, -0.05) is 0 Å². The van der Waals surface area contributed by atoms with E-state index in [9.17, 15) is 4.79 Å². The molecule has 1 fully saturated rings. The molecule has 12 heavy (non-hydrogen) atoms. The Hall–Kier alpha value is -0.610. The third-order valence-electron chi connectivity index (χ3n) is 1.84. The molecule has 0 spiro atoms. The van der Waals surface area contributed by atoms with Crippen LogP contribution in [0, 0.1) is 0 Å². The van der Waals surface area contributed by atoms with Crippen molar-refractivity contribution >= 4 is 5.97 Å². The number of esters is 1. The fourth-order valence-electron chi connectivity index (χ4n) is 1.22. The lowest BCUT2D eigenvalue weighted by Crippen LogP contribution is -2.43. The highest BCUT2D eigenvalue weighted by Crippen LogP contribution is 1.92. The summed E-state index contributed by atoms with van der Waals surface area (Å²) in [5.41, 5.74) is 0. The van der Waals surface area contributed by atoms with E-state index in [1.165, 1.54) is 0 Å². The van der Waals surface area contributed by atoms with Crippen LogP contribution in [0.3, 0.4) is 0 Å². The molecule has 70 valence electrons.